The summed E-state index contributed by atoms with van der Waals surface area (Å²) < 4.78 is 0. The number of hydrogen-bond acceptors (Lipinski definition) is 3. The number of benzene rings is 1. The summed E-state index contributed by atoms with van der Waals surface area (Å²) in [6.45, 7) is 4.84. The predicted molar refractivity (Wildman–Crippen MR) is 87.5 cm³/mol. The number of ketones is 1. The molecule has 0 saturated carbocycles. The van der Waals surface area contributed by atoms with E-state index in [-0.39, 0.29) is 5.78 Å². The smallest absolute Gasteiger partial charge is 0.162 e. The van der Waals surface area contributed by atoms with Crippen molar-refractivity contribution in [3.8, 4) is 0 Å². The van der Waals surface area contributed by atoms with E-state index in [1.54, 1.807) is 0 Å². The molecule has 0 radical (unpaired) electrons. The van der Waals surface area contributed by atoms with Crippen LogP contribution in [0.2, 0.25) is 0 Å². The van der Waals surface area contributed by atoms with Crippen LogP contribution in [0, 0.1) is 12.8 Å². The van der Waals surface area contributed by atoms with Crippen LogP contribution in [-0.2, 0) is 0 Å². The molecular weight excluding hydrogens is 260 g/mol. The van der Waals surface area contributed by atoms with E-state index >= 15 is 0 Å². The van der Waals surface area contributed by atoms with Gasteiger partial charge in [-0.05, 0) is 56.5 Å². The van der Waals surface area contributed by atoms with Crippen LogP contribution in [0.25, 0.3) is 10.9 Å². The maximum atomic E-state index is 12.3. The number of carbonyl (C=O) groups is 1. The van der Waals surface area contributed by atoms with Crippen LogP contribution in [0.15, 0.2) is 30.3 Å². The molecule has 2 rings (SSSR count). The van der Waals surface area contributed by atoms with E-state index in [4.69, 9.17) is 5.73 Å². The first-order valence-corrected chi connectivity index (χ1v) is 7.74. The summed E-state index contributed by atoms with van der Waals surface area (Å²) >= 11 is 0. The summed E-state index contributed by atoms with van der Waals surface area (Å²) in [6, 6.07) is 9.78. The van der Waals surface area contributed by atoms with Crippen molar-refractivity contribution in [2.24, 2.45) is 11.7 Å². The molecule has 112 valence electrons. The van der Waals surface area contributed by atoms with Crippen molar-refractivity contribution in [3.63, 3.8) is 0 Å². The van der Waals surface area contributed by atoms with Crippen LogP contribution in [0.4, 0.5) is 0 Å². The number of carbonyl (C=O) groups excluding carboxylic acids is 1. The molecule has 0 bridgehead atoms. The highest BCUT2D eigenvalue weighted by Crippen LogP contribution is 2.19. The zero-order valence-corrected chi connectivity index (χ0v) is 12.9. The quantitative estimate of drug-likeness (QED) is 0.785. The summed E-state index contributed by atoms with van der Waals surface area (Å²) in [7, 11) is 0. The second-order valence-corrected chi connectivity index (χ2v) is 5.67. The van der Waals surface area contributed by atoms with Gasteiger partial charge in [0.05, 0.1) is 5.52 Å². The minimum absolute atomic E-state index is 0.216. The largest absolute Gasteiger partial charge is 0.330 e. The highest BCUT2D eigenvalue weighted by Gasteiger charge is 2.11. The van der Waals surface area contributed by atoms with E-state index in [1.165, 1.54) is 0 Å². The van der Waals surface area contributed by atoms with Crippen molar-refractivity contribution in [1.29, 1.82) is 0 Å². The van der Waals surface area contributed by atoms with Crippen molar-refractivity contribution < 1.29 is 4.79 Å². The first-order valence-electron chi connectivity index (χ1n) is 7.74. The van der Waals surface area contributed by atoms with Crippen LogP contribution >= 0.6 is 0 Å². The molecule has 1 atom stereocenters. The van der Waals surface area contributed by atoms with Gasteiger partial charge in [0.15, 0.2) is 5.78 Å². The predicted octanol–water partition coefficient (Wildman–Crippen LogP) is 3.88. The summed E-state index contributed by atoms with van der Waals surface area (Å²) in [6.07, 6.45) is 3.62. The van der Waals surface area contributed by atoms with Crippen molar-refractivity contribution in [1.82, 2.24) is 4.98 Å². The fourth-order valence-electron chi connectivity index (χ4n) is 2.67. The molecule has 1 aromatic carbocycles. The zero-order chi connectivity index (χ0) is 15.2. The highest BCUT2D eigenvalue weighted by atomic mass is 16.1. The van der Waals surface area contributed by atoms with Gasteiger partial charge in [0.1, 0.15) is 0 Å². The molecule has 0 aliphatic rings. The highest BCUT2D eigenvalue weighted by molar-refractivity contribution is 5.99. The summed E-state index contributed by atoms with van der Waals surface area (Å²) in [4.78, 5) is 16.8. The molecule has 0 spiro atoms. The fraction of sp³-hybridized carbons (Fsp3) is 0.444. The minimum Gasteiger partial charge on any atom is -0.330 e. The van der Waals surface area contributed by atoms with E-state index in [2.05, 4.69) is 11.9 Å². The molecule has 3 nitrogen and oxygen atoms in total. The summed E-state index contributed by atoms with van der Waals surface area (Å²) in [5, 5.41) is 1.03. The molecule has 1 unspecified atom stereocenters. The van der Waals surface area contributed by atoms with Crippen molar-refractivity contribution in [3.05, 3.63) is 41.6 Å². The summed E-state index contributed by atoms with van der Waals surface area (Å²) in [5.74, 6) is 0.775. The van der Waals surface area contributed by atoms with Gasteiger partial charge in [-0.2, -0.15) is 0 Å². The Morgan fingerprint density at radius 2 is 2.05 bits per heavy atom. The molecule has 2 N–H and O–H groups in total. The number of aromatic nitrogens is 1. The molecule has 2 aromatic rings. The normalized spacial score (nSPS) is 12.5. The Kier molecular flexibility index (Phi) is 5.45. The lowest BCUT2D eigenvalue weighted by Gasteiger charge is -2.12. The third kappa shape index (κ3) is 4.11. The third-order valence-corrected chi connectivity index (χ3v) is 4.08. The van der Waals surface area contributed by atoms with Gasteiger partial charge in [0.2, 0.25) is 0 Å². The Labute approximate surface area is 126 Å². The van der Waals surface area contributed by atoms with Crippen molar-refractivity contribution in [2.45, 2.75) is 39.5 Å². The van der Waals surface area contributed by atoms with Crippen LogP contribution < -0.4 is 5.73 Å². The average Bonchev–Trinajstić information content (AvgIpc) is 2.50. The van der Waals surface area contributed by atoms with Crippen molar-refractivity contribution in [2.75, 3.05) is 6.54 Å². The van der Waals surface area contributed by atoms with Gasteiger partial charge in [-0.3, -0.25) is 9.78 Å². The second kappa shape index (κ2) is 7.32. The van der Waals surface area contributed by atoms with Gasteiger partial charge in [-0.25, -0.2) is 0 Å². The number of hydrogen-bond donors (Lipinski definition) is 1. The van der Waals surface area contributed by atoms with E-state index in [0.717, 1.165) is 41.4 Å². The fourth-order valence-corrected chi connectivity index (χ4v) is 2.67. The van der Waals surface area contributed by atoms with Crippen LogP contribution in [-0.4, -0.2) is 17.3 Å². The van der Waals surface area contributed by atoms with Gasteiger partial charge in [-0.1, -0.05) is 19.4 Å². The van der Waals surface area contributed by atoms with Gasteiger partial charge in [0.25, 0.3) is 0 Å². The van der Waals surface area contributed by atoms with Crippen LogP contribution in [0.3, 0.4) is 0 Å². The molecule has 21 heavy (non-hydrogen) atoms. The number of nitrogens with zero attached hydrogens (tertiary/aromatic N) is 1. The maximum Gasteiger partial charge on any atom is 0.162 e. The minimum atomic E-state index is 0.216. The number of pyridine rings is 1. The lowest BCUT2D eigenvalue weighted by molar-refractivity contribution is 0.0973. The molecule has 0 fully saturated rings. The standard InChI is InChI=1S/C18H24N2O/c1-3-14(10-11-19)5-9-18(21)16-7-8-17-15(12-16)6-4-13(2)20-17/h4,6-8,12,14H,3,5,9-11,19H2,1-2H3. The molecule has 3 heteroatoms. The Bertz CT molecular complexity index is 622. The lowest BCUT2D eigenvalue weighted by atomic mass is 9.93. The average molecular weight is 284 g/mol. The monoisotopic (exact) mass is 284 g/mol. The number of rotatable bonds is 7. The van der Waals surface area contributed by atoms with Crippen molar-refractivity contribution >= 4 is 16.7 Å². The van der Waals surface area contributed by atoms with Gasteiger partial charge < -0.3 is 5.73 Å². The van der Waals surface area contributed by atoms with Crippen LogP contribution in [0.1, 0.15) is 48.7 Å². The van der Waals surface area contributed by atoms with E-state index in [9.17, 15) is 4.79 Å². The second-order valence-electron chi connectivity index (χ2n) is 5.67. The molecule has 0 saturated heterocycles. The lowest BCUT2D eigenvalue weighted by Crippen LogP contribution is -2.10. The van der Waals surface area contributed by atoms with E-state index in [1.807, 2.05) is 37.3 Å². The van der Waals surface area contributed by atoms with Gasteiger partial charge >= 0.3 is 0 Å². The SMILES string of the molecule is CCC(CCN)CCC(=O)c1ccc2nc(C)ccc2c1. The van der Waals surface area contributed by atoms with Gasteiger partial charge in [0, 0.05) is 23.1 Å². The topological polar surface area (TPSA) is 56.0 Å². The Hall–Kier alpha value is -1.74. The first kappa shape index (κ1) is 15.6. The third-order valence-electron chi connectivity index (χ3n) is 4.08. The molecule has 0 amide bonds. The first-order chi connectivity index (χ1) is 10.1. The molecule has 1 aromatic heterocycles. The Morgan fingerprint density at radius 3 is 2.76 bits per heavy atom. The van der Waals surface area contributed by atoms with E-state index in [0.29, 0.717) is 18.9 Å². The number of Topliss-reactive ketones (excluding diaryl/α,β-unsaturated/α-hetero) is 1. The summed E-state index contributed by atoms with van der Waals surface area (Å²) in [5.41, 5.74) is 8.33. The number of nitrogens with two attached hydrogens (primary N) is 1. The molecule has 0 aliphatic heterocycles. The maximum absolute atomic E-state index is 12.3. The zero-order valence-electron chi connectivity index (χ0n) is 12.9. The number of fused-ring (bicyclic) bond motifs is 1. The molecule has 1 heterocycles. The Morgan fingerprint density at radius 1 is 1.24 bits per heavy atom. The van der Waals surface area contributed by atoms with Crippen LogP contribution in [0.5, 0.6) is 0 Å². The molecule has 0 aliphatic carbocycles. The van der Waals surface area contributed by atoms with E-state index < -0.39 is 0 Å². The van der Waals surface area contributed by atoms with Gasteiger partial charge in [-0.15, -0.1) is 0 Å². The number of aryl methyl sites for hydroxylation is 1. The molecular formula is C18H24N2O. The Balaban J connectivity index is 2.07.